The van der Waals surface area contributed by atoms with E-state index in [1.807, 2.05) is 20.8 Å². The maximum Gasteiger partial charge on any atom is 0.327 e. The number of benzene rings is 1. The SMILES string of the molecule is CC(C)CC(C)(CN)Nc1cccc(F)c1[N+](=O)[O-]. The average Bonchev–Trinajstić information content (AvgIpc) is 2.27. The maximum atomic E-state index is 13.5. The van der Waals surface area contributed by atoms with Crippen molar-refractivity contribution in [1.29, 1.82) is 0 Å². The number of hydrogen-bond acceptors (Lipinski definition) is 4. The minimum absolute atomic E-state index is 0.165. The van der Waals surface area contributed by atoms with Crippen molar-refractivity contribution in [1.82, 2.24) is 0 Å². The van der Waals surface area contributed by atoms with Gasteiger partial charge >= 0.3 is 5.69 Å². The molecule has 1 aromatic rings. The fourth-order valence-corrected chi connectivity index (χ4v) is 2.21. The quantitative estimate of drug-likeness (QED) is 0.614. The molecule has 0 fully saturated rings. The van der Waals surface area contributed by atoms with Crippen molar-refractivity contribution in [2.45, 2.75) is 32.7 Å². The third-order valence-corrected chi connectivity index (χ3v) is 2.92. The Labute approximate surface area is 112 Å². The van der Waals surface area contributed by atoms with Crippen LogP contribution in [0.15, 0.2) is 18.2 Å². The third-order valence-electron chi connectivity index (χ3n) is 2.92. The van der Waals surface area contributed by atoms with Gasteiger partial charge in [-0.2, -0.15) is 4.39 Å². The van der Waals surface area contributed by atoms with E-state index in [0.29, 0.717) is 12.5 Å². The number of nitro groups is 1. The molecule has 1 atom stereocenters. The van der Waals surface area contributed by atoms with Gasteiger partial charge in [0.05, 0.1) is 4.92 Å². The summed E-state index contributed by atoms with van der Waals surface area (Å²) in [7, 11) is 0. The molecule has 0 saturated heterocycles. The summed E-state index contributed by atoms with van der Waals surface area (Å²) in [5.74, 6) is -0.479. The van der Waals surface area contributed by atoms with Crippen LogP contribution in [0.4, 0.5) is 15.8 Å². The van der Waals surface area contributed by atoms with E-state index in [-0.39, 0.29) is 5.69 Å². The number of halogens is 1. The van der Waals surface area contributed by atoms with Gasteiger partial charge in [0.25, 0.3) is 0 Å². The summed E-state index contributed by atoms with van der Waals surface area (Å²) in [5, 5.41) is 14.0. The Morgan fingerprint density at radius 1 is 1.53 bits per heavy atom. The van der Waals surface area contributed by atoms with Gasteiger partial charge in [0.1, 0.15) is 5.69 Å². The molecule has 106 valence electrons. The lowest BCUT2D eigenvalue weighted by molar-refractivity contribution is -0.386. The fraction of sp³-hybridized carbons (Fsp3) is 0.538. The highest BCUT2D eigenvalue weighted by atomic mass is 19.1. The zero-order chi connectivity index (χ0) is 14.6. The summed E-state index contributed by atoms with van der Waals surface area (Å²) < 4.78 is 13.5. The van der Waals surface area contributed by atoms with Gasteiger partial charge in [-0.15, -0.1) is 0 Å². The first-order chi connectivity index (χ1) is 8.79. The van der Waals surface area contributed by atoms with E-state index < -0.39 is 22.0 Å². The standard InChI is InChI=1S/C13H20FN3O2/c1-9(2)7-13(3,8-15)16-11-6-4-5-10(14)12(11)17(18)19/h4-6,9,16H,7-8,15H2,1-3H3. The summed E-state index contributed by atoms with van der Waals surface area (Å²) in [6, 6.07) is 4.01. The number of nitro benzene ring substituents is 1. The van der Waals surface area contributed by atoms with Gasteiger partial charge < -0.3 is 11.1 Å². The van der Waals surface area contributed by atoms with Gasteiger partial charge in [-0.25, -0.2) is 0 Å². The third kappa shape index (κ3) is 3.89. The van der Waals surface area contributed by atoms with Gasteiger partial charge in [-0.1, -0.05) is 19.9 Å². The first-order valence-electron chi connectivity index (χ1n) is 6.20. The number of nitrogens with two attached hydrogens (primary N) is 1. The second-order valence-corrected chi connectivity index (χ2v) is 5.38. The normalized spacial score (nSPS) is 14.2. The fourth-order valence-electron chi connectivity index (χ4n) is 2.21. The van der Waals surface area contributed by atoms with Crippen molar-refractivity contribution < 1.29 is 9.31 Å². The zero-order valence-electron chi connectivity index (χ0n) is 11.4. The molecule has 0 saturated carbocycles. The van der Waals surface area contributed by atoms with Crippen molar-refractivity contribution in [3.63, 3.8) is 0 Å². The van der Waals surface area contributed by atoms with Crippen LogP contribution in [-0.2, 0) is 0 Å². The molecule has 5 nitrogen and oxygen atoms in total. The number of anilines is 1. The number of nitrogens with zero attached hydrogens (tertiary/aromatic N) is 1. The molecule has 0 heterocycles. The van der Waals surface area contributed by atoms with Crippen LogP contribution in [0.25, 0.3) is 0 Å². The van der Waals surface area contributed by atoms with E-state index in [1.165, 1.54) is 12.1 Å². The lowest BCUT2D eigenvalue weighted by Crippen LogP contribution is -2.43. The van der Waals surface area contributed by atoms with Crippen molar-refractivity contribution in [2.75, 3.05) is 11.9 Å². The van der Waals surface area contributed by atoms with E-state index in [1.54, 1.807) is 0 Å². The summed E-state index contributed by atoms with van der Waals surface area (Å²) >= 11 is 0. The highest BCUT2D eigenvalue weighted by Gasteiger charge is 2.28. The minimum Gasteiger partial charge on any atom is -0.373 e. The van der Waals surface area contributed by atoms with Crippen LogP contribution in [-0.4, -0.2) is 17.0 Å². The molecule has 0 aliphatic rings. The molecular formula is C13H20FN3O2. The Balaban J connectivity index is 3.10. The highest BCUT2D eigenvalue weighted by molar-refractivity contribution is 5.63. The molecule has 0 bridgehead atoms. The lowest BCUT2D eigenvalue weighted by Gasteiger charge is -2.32. The van der Waals surface area contributed by atoms with Crippen LogP contribution >= 0.6 is 0 Å². The highest BCUT2D eigenvalue weighted by Crippen LogP contribution is 2.31. The molecule has 0 aromatic heterocycles. The predicted octanol–water partition coefficient (Wildman–Crippen LogP) is 2.91. The van der Waals surface area contributed by atoms with Crippen LogP contribution in [0.3, 0.4) is 0 Å². The van der Waals surface area contributed by atoms with Gasteiger partial charge in [-0.3, -0.25) is 10.1 Å². The molecule has 0 amide bonds. The smallest absolute Gasteiger partial charge is 0.327 e. The zero-order valence-corrected chi connectivity index (χ0v) is 11.4. The molecule has 0 radical (unpaired) electrons. The van der Waals surface area contributed by atoms with Crippen LogP contribution in [0, 0.1) is 21.8 Å². The van der Waals surface area contributed by atoms with Crippen molar-refractivity contribution in [3.8, 4) is 0 Å². The van der Waals surface area contributed by atoms with E-state index >= 15 is 0 Å². The number of hydrogen-bond donors (Lipinski definition) is 2. The van der Waals surface area contributed by atoms with E-state index in [4.69, 9.17) is 5.73 Å². The Hall–Kier alpha value is -1.69. The molecule has 1 rings (SSSR count). The molecule has 0 aliphatic carbocycles. The van der Waals surface area contributed by atoms with Crippen LogP contribution in [0.2, 0.25) is 0 Å². The molecule has 0 spiro atoms. The van der Waals surface area contributed by atoms with Gasteiger partial charge in [0, 0.05) is 12.1 Å². The van der Waals surface area contributed by atoms with E-state index in [9.17, 15) is 14.5 Å². The average molecular weight is 269 g/mol. The van der Waals surface area contributed by atoms with Gasteiger partial charge in [0.2, 0.25) is 5.82 Å². The Kier molecular flexibility index (Phi) is 4.83. The Morgan fingerprint density at radius 2 is 2.16 bits per heavy atom. The molecule has 0 aliphatic heterocycles. The van der Waals surface area contributed by atoms with Crippen molar-refractivity contribution in [2.24, 2.45) is 11.7 Å². The minimum atomic E-state index is -0.848. The molecule has 1 aromatic carbocycles. The molecule has 3 N–H and O–H groups in total. The van der Waals surface area contributed by atoms with E-state index in [0.717, 1.165) is 12.5 Å². The second kappa shape index (κ2) is 5.97. The van der Waals surface area contributed by atoms with Crippen LogP contribution in [0.5, 0.6) is 0 Å². The predicted molar refractivity (Wildman–Crippen MR) is 73.6 cm³/mol. The van der Waals surface area contributed by atoms with Crippen LogP contribution < -0.4 is 11.1 Å². The maximum absolute atomic E-state index is 13.5. The Bertz CT molecular complexity index is 465. The monoisotopic (exact) mass is 269 g/mol. The van der Waals surface area contributed by atoms with Crippen LogP contribution in [0.1, 0.15) is 27.2 Å². The molecular weight excluding hydrogens is 249 g/mol. The topological polar surface area (TPSA) is 81.2 Å². The van der Waals surface area contributed by atoms with Crippen molar-refractivity contribution >= 4 is 11.4 Å². The first kappa shape index (κ1) is 15.4. The molecule has 1 unspecified atom stereocenters. The second-order valence-electron chi connectivity index (χ2n) is 5.38. The van der Waals surface area contributed by atoms with Crippen molar-refractivity contribution in [3.05, 3.63) is 34.1 Å². The number of nitrogens with one attached hydrogen (secondary N) is 1. The summed E-state index contributed by atoms with van der Waals surface area (Å²) in [6.45, 7) is 6.26. The van der Waals surface area contributed by atoms with Gasteiger partial charge in [-0.05, 0) is 31.4 Å². The summed E-state index contributed by atoms with van der Waals surface area (Å²) in [5.41, 5.74) is 4.86. The summed E-state index contributed by atoms with van der Waals surface area (Å²) in [4.78, 5) is 10.2. The Morgan fingerprint density at radius 3 is 2.63 bits per heavy atom. The summed E-state index contributed by atoms with van der Waals surface area (Å²) in [6.07, 6.45) is 0.733. The van der Waals surface area contributed by atoms with E-state index in [2.05, 4.69) is 5.32 Å². The lowest BCUT2D eigenvalue weighted by atomic mass is 9.90. The number of rotatable bonds is 6. The largest absolute Gasteiger partial charge is 0.373 e. The molecule has 19 heavy (non-hydrogen) atoms. The first-order valence-corrected chi connectivity index (χ1v) is 6.20. The van der Waals surface area contributed by atoms with Gasteiger partial charge in [0.15, 0.2) is 0 Å². The molecule has 6 heteroatoms. The number of para-hydroxylation sites is 1.